The van der Waals surface area contributed by atoms with Gasteiger partial charge in [-0.25, -0.2) is 4.79 Å². The Balaban J connectivity index is 2.37. The standard InChI is InChI=1S/C18H3Cl10NO2/c19-8-6(9(20)13(24)16(27)12(8)23)4-2-29-5(1-3(4)18(30)31)7-10(21)14(25)17(28)15(26)11(7)22/h1-2H,(H,30,31). The van der Waals surface area contributed by atoms with Crippen LogP contribution in [0.5, 0.6) is 0 Å². The van der Waals surface area contributed by atoms with Crippen LogP contribution in [0.1, 0.15) is 10.4 Å². The smallest absolute Gasteiger partial charge is 0.336 e. The summed E-state index contributed by atoms with van der Waals surface area (Å²) in [5.41, 5.74) is -0.0811. The Hall–Kier alpha value is -0.0400. The van der Waals surface area contributed by atoms with Crippen LogP contribution in [0.4, 0.5) is 0 Å². The van der Waals surface area contributed by atoms with Crippen LogP contribution in [0.15, 0.2) is 12.3 Å². The molecule has 1 N–H and O–H groups in total. The first-order valence-corrected chi connectivity index (χ1v) is 11.4. The van der Waals surface area contributed by atoms with Gasteiger partial charge in [0.2, 0.25) is 0 Å². The van der Waals surface area contributed by atoms with Gasteiger partial charge in [0.1, 0.15) is 0 Å². The normalized spacial score (nSPS) is 11.2. The Morgan fingerprint density at radius 3 is 1.35 bits per heavy atom. The fourth-order valence-corrected chi connectivity index (χ4v) is 5.31. The molecule has 0 atom stereocenters. The van der Waals surface area contributed by atoms with Crippen molar-refractivity contribution < 1.29 is 9.90 Å². The maximum Gasteiger partial charge on any atom is 0.336 e. The lowest BCUT2D eigenvalue weighted by molar-refractivity contribution is 0.0697. The molecule has 0 radical (unpaired) electrons. The van der Waals surface area contributed by atoms with Gasteiger partial charge in [0.15, 0.2) is 0 Å². The number of nitrogens with zero attached hydrogens (tertiary/aromatic N) is 1. The van der Waals surface area contributed by atoms with Gasteiger partial charge in [0, 0.05) is 22.9 Å². The molecule has 3 nitrogen and oxygen atoms in total. The molecule has 0 aliphatic carbocycles. The fraction of sp³-hybridized carbons (Fsp3) is 0. The van der Waals surface area contributed by atoms with Crippen LogP contribution < -0.4 is 0 Å². The summed E-state index contributed by atoms with van der Waals surface area (Å²) in [6, 6.07) is 1.19. The van der Waals surface area contributed by atoms with Gasteiger partial charge in [-0.2, -0.15) is 0 Å². The van der Waals surface area contributed by atoms with Gasteiger partial charge in [-0.05, 0) is 6.07 Å². The number of aromatic carboxylic acids is 1. The van der Waals surface area contributed by atoms with Gasteiger partial charge in [-0.15, -0.1) is 0 Å². The zero-order valence-electron chi connectivity index (χ0n) is 14.2. The van der Waals surface area contributed by atoms with E-state index in [0.29, 0.717) is 0 Å². The van der Waals surface area contributed by atoms with Crippen molar-refractivity contribution in [2.45, 2.75) is 0 Å². The number of carboxylic acids is 1. The minimum atomic E-state index is -1.34. The van der Waals surface area contributed by atoms with E-state index in [4.69, 9.17) is 116 Å². The molecule has 2 aromatic carbocycles. The molecule has 0 fully saturated rings. The Morgan fingerprint density at radius 1 is 0.613 bits per heavy atom. The number of carbonyl (C=O) groups is 1. The molecule has 0 bridgehead atoms. The molecule has 0 unspecified atom stereocenters. The zero-order valence-corrected chi connectivity index (χ0v) is 21.8. The van der Waals surface area contributed by atoms with Gasteiger partial charge in [0.25, 0.3) is 0 Å². The maximum atomic E-state index is 12.1. The molecule has 3 rings (SSSR count). The van der Waals surface area contributed by atoms with Crippen LogP contribution in [-0.4, -0.2) is 16.1 Å². The summed E-state index contributed by atoms with van der Waals surface area (Å²) >= 11 is 61.5. The van der Waals surface area contributed by atoms with E-state index in [1.165, 1.54) is 12.3 Å². The summed E-state index contributed by atoms with van der Waals surface area (Å²) in [6.45, 7) is 0. The van der Waals surface area contributed by atoms with Crippen molar-refractivity contribution in [3.63, 3.8) is 0 Å². The largest absolute Gasteiger partial charge is 0.478 e. The van der Waals surface area contributed by atoms with Crippen molar-refractivity contribution >= 4 is 122 Å². The average molecular weight is 620 g/mol. The predicted molar refractivity (Wildman–Crippen MR) is 132 cm³/mol. The maximum absolute atomic E-state index is 12.1. The molecule has 0 saturated heterocycles. The third-order valence-electron chi connectivity index (χ3n) is 4.08. The first kappa shape index (κ1) is 25.6. The second kappa shape index (κ2) is 9.68. The number of pyridine rings is 1. The molecule has 0 aliphatic rings. The highest BCUT2D eigenvalue weighted by atomic mass is 35.5. The Morgan fingerprint density at radius 2 is 0.968 bits per heavy atom. The molecule has 0 saturated carbocycles. The Bertz CT molecular complexity index is 1220. The van der Waals surface area contributed by atoms with Crippen LogP contribution >= 0.6 is 116 Å². The van der Waals surface area contributed by atoms with Crippen molar-refractivity contribution in [2.75, 3.05) is 0 Å². The molecule has 3 aromatic rings. The van der Waals surface area contributed by atoms with Crippen molar-refractivity contribution in [3.8, 4) is 22.4 Å². The molecular formula is C18H3Cl10NO2. The highest BCUT2D eigenvalue weighted by Gasteiger charge is 2.27. The monoisotopic (exact) mass is 615 g/mol. The van der Waals surface area contributed by atoms with Crippen molar-refractivity contribution in [1.29, 1.82) is 0 Å². The van der Waals surface area contributed by atoms with Gasteiger partial charge in [-0.1, -0.05) is 116 Å². The highest BCUT2D eigenvalue weighted by Crippen LogP contribution is 2.51. The van der Waals surface area contributed by atoms with E-state index in [2.05, 4.69) is 4.98 Å². The first-order valence-electron chi connectivity index (χ1n) is 7.67. The summed E-state index contributed by atoms with van der Waals surface area (Å²) in [6.07, 6.45) is 1.19. The van der Waals surface area contributed by atoms with Gasteiger partial charge < -0.3 is 5.11 Å². The highest BCUT2D eigenvalue weighted by molar-refractivity contribution is 6.57. The second-order valence-corrected chi connectivity index (χ2v) is 9.59. The SMILES string of the molecule is O=C(O)c1cc(-c2c(Cl)c(Cl)c(Cl)c(Cl)c2Cl)ncc1-c1c(Cl)c(Cl)c(Cl)c(Cl)c1Cl. The van der Waals surface area contributed by atoms with Crippen molar-refractivity contribution in [3.05, 3.63) is 68.1 Å². The van der Waals surface area contributed by atoms with E-state index in [1.54, 1.807) is 0 Å². The minimum absolute atomic E-state index is 0.0186. The molecule has 1 aromatic heterocycles. The molecule has 1 heterocycles. The minimum Gasteiger partial charge on any atom is -0.478 e. The molecule has 0 aliphatic heterocycles. The van der Waals surface area contributed by atoms with E-state index in [9.17, 15) is 9.90 Å². The molecular weight excluding hydrogens is 617 g/mol. The number of aromatic nitrogens is 1. The summed E-state index contributed by atoms with van der Waals surface area (Å²) in [5.74, 6) is -1.34. The molecule has 31 heavy (non-hydrogen) atoms. The summed E-state index contributed by atoms with van der Waals surface area (Å²) in [5, 5.41) is 9.01. The third kappa shape index (κ3) is 4.40. The molecule has 13 heteroatoms. The lowest BCUT2D eigenvalue weighted by Crippen LogP contribution is -2.03. The third-order valence-corrected chi connectivity index (χ3v) is 8.63. The second-order valence-electron chi connectivity index (χ2n) is 5.81. The molecule has 0 amide bonds. The average Bonchev–Trinajstić information content (AvgIpc) is 2.74. The first-order chi connectivity index (χ1) is 14.4. The summed E-state index contributed by atoms with van der Waals surface area (Å²) in [7, 11) is 0. The Labute approximate surface area is 225 Å². The number of hydrogen-bond donors (Lipinski definition) is 1. The number of rotatable bonds is 3. The predicted octanol–water partition coefficient (Wildman–Crippen LogP) is 10.6. The number of carboxylic acid groups (broad SMARTS) is 1. The zero-order chi connectivity index (χ0) is 23.4. The lowest BCUT2D eigenvalue weighted by atomic mass is 9.99. The number of halogens is 10. The number of hydrogen-bond acceptors (Lipinski definition) is 2. The van der Waals surface area contributed by atoms with Gasteiger partial charge >= 0.3 is 5.97 Å². The van der Waals surface area contributed by atoms with Crippen molar-refractivity contribution in [2.24, 2.45) is 0 Å². The molecule has 162 valence electrons. The van der Waals surface area contributed by atoms with E-state index < -0.39 is 5.97 Å². The topological polar surface area (TPSA) is 50.2 Å². The fourth-order valence-electron chi connectivity index (χ4n) is 2.64. The van der Waals surface area contributed by atoms with E-state index in [1.807, 2.05) is 0 Å². The molecule has 0 spiro atoms. The van der Waals surface area contributed by atoms with Crippen LogP contribution in [-0.2, 0) is 0 Å². The van der Waals surface area contributed by atoms with E-state index in [0.717, 1.165) is 0 Å². The van der Waals surface area contributed by atoms with Crippen LogP contribution in [0.25, 0.3) is 22.4 Å². The van der Waals surface area contributed by atoms with Crippen LogP contribution in [0, 0.1) is 0 Å². The van der Waals surface area contributed by atoms with Crippen LogP contribution in [0.3, 0.4) is 0 Å². The van der Waals surface area contributed by atoms with Crippen molar-refractivity contribution in [1.82, 2.24) is 4.98 Å². The van der Waals surface area contributed by atoms with Gasteiger partial charge in [-0.3, -0.25) is 4.98 Å². The lowest BCUT2D eigenvalue weighted by Gasteiger charge is -2.16. The van der Waals surface area contributed by atoms with E-state index in [-0.39, 0.29) is 78.2 Å². The van der Waals surface area contributed by atoms with Gasteiger partial charge in [0.05, 0.1) is 61.5 Å². The Kier molecular flexibility index (Phi) is 7.98. The number of benzene rings is 2. The summed E-state index contributed by atoms with van der Waals surface area (Å²) in [4.78, 5) is 16.3. The summed E-state index contributed by atoms with van der Waals surface area (Å²) < 4.78 is 0. The quantitative estimate of drug-likeness (QED) is 0.234. The van der Waals surface area contributed by atoms with Crippen LogP contribution in [0.2, 0.25) is 50.2 Å². The van der Waals surface area contributed by atoms with E-state index >= 15 is 0 Å².